The second-order valence-corrected chi connectivity index (χ2v) is 21.0. The lowest BCUT2D eigenvalue weighted by molar-refractivity contribution is -0.156. The molecule has 0 aliphatic carbocycles. The minimum absolute atomic E-state index is 0.00203. The van der Waals surface area contributed by atoms with Crippen LogP contribution in [-0.2, 0) is 9.22 Å². The van der Waals surface area contributed by atoms with Gasteiger partial charge in [-0.25, -0.2) is 0 Å². The van der Waals surface area contributed by atoms with Gasteiger partial charge >= 0.3 is 0 Å². The molecule has 0 spiro atoms. The van der Waals surface area contributed by atoms with E-state index < -0.39 is 16.6 Å². The summed E-state index contributed by atoms with van der Waals surface area (Å²) in [5, 5.41) is 9.31. The lowest BCUT2D eigenvalue weighted by Crippen LogP contribution is -2.76. The van der Waals surface area contributed by atoms with Crippen LogP contribution in [0.2, 0.25) is 36.3 Å². The number of aliphatic hydroxyl groups is 1. The van der Waals surface area contributed by atoms with Crippen LogP contribution in [0.3, 0.4) is 0 Å². The van der Waals surface area contributed by atoms with E-state index in [1.54, 1.807) is 0 Å². The number of β-lactam (4-membered cyclic amide) rings is 1. The molecule has 156 valence electrons. The van der Waals surface area contributed by atoms with E-state index in [0.29, 0.717) is 0 Å². The highest BCUT2D eigenvalue weighted by atomic mass is 28.4. The largest absolute Gasteiger partial charge is 0.462 e. The van der Waals surface area contributed by atoms with Gasteiger partial charge in [-0.05, 0) is 37.0 Å². The van der Waals surface area contributed by atoms with Gasteiger partial charge < -0.3 is 14.1 Å². The Hall–Kier alpha value is -0.776. The summed E-state index contributed by atoms with van der Waals surface area (Å²) in [5.74, 6) is 2.81. The summed E-state index contributed by atoms with van der Waals surface area (Å²) in [5.41, 5.74) is 0. The summed E-state index contributed by atoms with van der Waals surface area (Å²) in [4.78, 5) is 13.3. The van der Waals surface area contributed by atoms with Crippen molar-refractivity contribution in [2.75, 3.05) is 0 Å². The first kappa shape index (κ1) is 24.3. The van der Waals surface area contributed by atoms with Crippen molar-refractivity contribution in [3.8, 4) is 12.0 Å². The van der Waals surface area contributed by atoms with Crippen LogP contribution in [-0.4, -0.2) is 44.3 Å². The Bertz CT molecular complexity index is 620. The number of carbonyl (C=O) groups excluding carboxylic acids is 1. The number of carbonyl (C=O) groups is 1. The van der Waals surface area contributed by atoms with Gasteiger partial charge in [0, 0.05) is 5.92 Å². The molecule has 0 radical (unpaired) electrons. The predicted octanol–water partition coefficient (Wildman–Crippen LogP) is 5.20. The molecule has 4 nitrogen and oxygen atoms in total. The topological polar surface area (TPSA) is 49.8 Å². The summed E-state index contributed by atoms with van der Waals surface area (Å²) in [6, 6.07) is -0.00203. The first-order valence-electron chi connectivity index (χ1n) is 10.1. The van der Waals surface area contributed by atoms with E-state index in [2.05, 4.69) is 84.3 Å². The highest BCUT2D eigenvalue weighted by Gasteiger charge is 2.60. The molecule has 1 rings (SSSR count). The summed E-state index contributed by atoms with van der Waals surface area (Å²) >= 11 is 0. The Morgan fingerprint density at radius 1 is 1.04 bits per heavy atom. The van der Waals surface area contributed by atoms with E-state index in [-0.39, 0.29) is 40.0 Å². The minimum Gasteiger partial charge on any atom is -0.462 e. The van der Waals surface area contributed by atoms with Crippen LogP contribution < -0.4 is 0 Å². The van der Waals surface area contributed by atoms with Crippen molar-refractivity contribution in [3.63, 3.8) is 0 Å². The number of hydrogen-bond acceptors (Lipinski definition) is 3. The Labute approximate surface area is 169 Å². The van der Waals surface area contributed by atoms with Crippen LogP contribution in [0.4, 0.5) is 0 Å². The molecule has 1 amide bonds. The number of amides is 1. The lowest BCUT2D eigenvalue weighted by Gasteiger charge is -2.61. The first-order chi connectivity index (χ1) is 11.9. The summed E-state index contributed by atoms with van der Waals surface area (Å²) in [6.45, 7) is 26.3. The van der Waals surface area contributed by atoms with Gasteiger partial charge in [-0.15, -0.1) is 0 Å². The van der Waals surface area contributed by atoms with Crippen molar-refractivity contribution in [2.24, 2.45) is 11.8 Å². The Morgan fingerprint density at radius 2 is 1.52 bits per heavy atom. The number of nitrogens with zero attached hydrogens (tertiary/aromatic N) is 1. The first-order valence-corrected chi connectivity index (χ1v) is 15.9. The van der Waals surface area contributed by atoms with E-state index in [0.717, 1.165) is 0 Å². The van der Waals surface area contributed by atoms with Crippen molar-refractivity contribution in [3.05, 3.63) is 0 Å². The fourth-order valence-corrected chi connectivity index (χ4v) is 7.44. The third-order valence-electron chi connectivity index (χ3n) is 7.22. The van der Waals surface area contributed by atoms with Crippen LogP contribution in [0.25, 0.3) is 0 Å². The normalized spacial score (nSPS) is 24.0. The molecular formula is C21H41NO3Si2. The Kier molecular flexibility index (Phi) is 6.80. The van der Waals surface area contributed by atoms with Crippen LogP contribution in [0.5, 0.6) is 0 Å². The van der Waals surface area contributed by atoms with Crippen LogP contribution >= 0.6 is 0 Å². The molecule has 0 aromatic heterocycles. The maximum atomic E-state index is 13.3. The molecule has 6 heteroatoms. The highest BCUT2D eigenvalue weighted by molar-refractivity contribution is 6.80. The van der Waals surface area contributed by atoms with E-state index in [1.165, 1.54) is 0 Å². The molecule has 0 saturated carbocycles. The van der Waals surface area contributed by atoms with Crippen LogP contribution in [0.15, 0.2) is 0 Å². The van der Waals surface area contributed by atoms with Crippen LogP contribution in [0, 0.1) is 23.9 Å². The SMILES string of the molecule is CC(C#CO)[C@@H]1[C@@H]([C@@H](C)O[Si](C)(C)C(C)(C)C)C(=O)N1[Si](C)(C)C(C)(C)C. The second-order valence-electron chi connectivity index (χ2n) is 11.2. The molecule has 1 aliphatic rings. The minimum atomic E-state index is -2.03. The average molecular weight is 412 g/mol. The predicted molar refractivity (Wildman–Crippen MR) is 118 cm³/mol. The molecule has 1 unspecified atom stereocenters. The summed E-state index contributed by atoms with van der Waals surface area (Å²) in [7, 11) is -4.01. The molecule has 1 aliphatic heterocycles. The van der Waals surface area contributed by atoms with Gasteiger partial charge in [0.2, 0.25) is 5.91 Å². The van der Waals surface area contributed by atoms with Gasteiger partial charge in [-0.2, -0.15) is 0 Å². The molecule has 1 fully saturated rings. The molecule has 1 saturated heterocycles. The quantitative estimate of drug-likeness (QED) is 0.384. The fraction of sp³-hybridized carbons (Fsp3) is 0.857. The zero-order chi connectivity index (χ0) is 21.6. The summed E-state index contributed by atoms with van der Waals surface area (Å²) < 4.78 is 8.70. The number of hydrogen-bond donors (Lipinski definition) is 1. The molecular weight excluding hydrogens is 370 g/mol. The number of rotatable bonds is 5. The van der Waals surface area contributed by atoms with Gasteiger partial charge in [-0.1, -0.05) is 60.6 Å². The molecule has 4 atom stereocenters. The molecule has 1 heterocycles. The van der Waals surface area contributed by atoms with E-state index >= 15 is 0 Å². The summed E-state index contributed by atoms with van der Waals surface area (Å²) in [6.07, 6.45) is 1.92. The second kappa shape index (κ2) is 7.57. The van der Waals surface area contributed by atoms with Gasteiger partial charge in [0.15, 0.2) is 16.6 Å². The molecule has 0 aromatic rings. The average Bonchev–Trinajstić information content (AvgIpc) is 2.41. The van der Waals surface area contributed by atoms with Crippen molar-refractivity contribution in [2.45, 2.75) is 104 Å². The third kappa shape index (κ3) is 4.46. The van der Waals surface area contributed by atoms with Crippen molar-refractivity contribution in [1.82, 2.24) is 4.57 Å². The Balaban J connectivity index is 3.24. The zero-order valence-electron chi connectivity index (χ0n) is 19.5. The van der Waals surface area contributed by atoms with E-state index in [4.69, 9.17) is 9.53 Å². The van der Waals surface area contributed by atoms with Crippen molar-refractivity contribution in [1.29, 1.82) is 0 Å². The van der Waals surface area contributed by atoms with Gasteiger partial charge in [0.05, 0.1) is 18.1 Å². The van der Waals surface area contributed by atoms with Crippen molar-refractivity contribution >= 4 is 22.5 Å². The van der Waals surface area contributed by atoms with E-state index in [9.17, 15) is 4.79 Å². The van der Waals surface area contributed by atoms with Gasteiger partial charge in [-0.3, -0.25) is 4.79 Å². The monoisotopic (exact) mass is 411 g/mol. The standard InChI is InChI=1S/C21H41NO3Si2/c1-15(13-14-23)18-17(16(2)25-27(11,12)21(6,7)8)19(24)22(18)26(9,10)20(3,4)5/h15-18,23H,1-12H3/t15?,16-,17-,18-/m1/s1. The zero-order valence-corrected chi connectivity index (χ0v) is 21.5. The maximum Gasteiger partial charge on any atom is 0.222 e. The maximum absolute atomic E-state index is 13.3. The smallest absolute Gasteiger partial charge is 0.222 e. The lowest BCUT2D eigenvalue weighted by atomic mass is 9.79. The molecule has 27 heavy (non-hydrogen) atoms. The number of aliphatic hydroxyl groups excluding tert-OH is 1. The van der Waals surface area contributed by atoms with Crippen LogP contribution in [0.1, 0.15) is 55.4 Å². The van der Waals surface area contributed by atoms with E-state index in [1.807, 2.05) is 13.8 Å². The Morgan fingerprint density at radius 3 is 1.89 bits per heavy atom. The molecule has 0 bridgehead atoms. The van der Waals surface area contributed by atoms with Gasteiger partial charge in [0.1, 0.15) is 6.11 Å². The van der Waals surface area contributed by atoms with Crippen molar-refractivity contribution < 1.29 is 14.3 Å². The highest BCUT2D eigenvalue weighted by Crippen LogP contribution is 2.48. The fourth-order valence-electron chi connectivity index (χ4n) is 3.46. The molecule has 0 aromatic carbocycles. The third-order valence-corrected chi connectivity index (χ3v) is 17.2. The molecule has 1 N–H and O–H groups in total. The van der Waals surface area contributed by atoms with Gasteiger partial charge in [0.25, 0.3) is 0 Å².